The zero-order valence-corrected chi connectivity index (χ0v) is 79.4. The van der Waals surface area contributed by atoms with Gasteiger partial charge >= 0.3 is 1.43 Å². The largest absolute Gasteiger partial charge is 1.00 e. The molecular formula is C105H111F4N28O8+3. The number of benzene rings is 8. The number of fused-ring (bicyclic) bond motifs is 4. The standard InChI is InChI=1S/C52H52F2N14O4.2C26H26FN7O2.CH4/c1-4-45(69)57-33-7-5-9-37(29-33)71-49-39-15-18-55-47(39)62-52(63-49)60-36-12-14-44(42(54)32-36)67-24-27-68(3,28-25-67)26-17-46(70)58-34-8-6-10-38(30-34)72-50-40-16-19-56-48(40)61-51(64-50)59-35-11-13-43(41(53)31-35)66-22-20-65(2)21-23-66;2*1-3-23(35)29-17-5-4-6-19(15-17)36-25-20-9-10-28-24(20)31-26(32-25)30-18-7-8-22(21(27)16-18)34-13-11-33(2)12-14-34;/h4-16,18-19,29-32H,1,17,20-28H2,2-3H3,(H5-,55,56,57,58,59,60,61,62,63,64,69,70);2*3-10,15-16H,1,11-14H2,2H3,(H,29,35)(H2,28,30,31,32);1H4/p+3. The van der Waals surface area contributed by atoms with Crippen LogP contribution in [0.1, 0.15) is 15.3 Å². The van der Waals surface area contributed by atoms with Crippen molar-refractivity contribution in [1.29, 1.82) is 0 Å². The third-order valence-electron chi connectivity index (χ3n) is 24.9. The van der Waals surface area contributed by atoms with E-state index in [-0.39, 0.29) is 91.9 Å². The summed E-state index contributed by atoms with van der Waals surface area (Å²) in [5, 5.41) is 26.2. The summed E-state index contributed by atoms with van der Waals surface area (Å²) in [6.45, 7) is 23.9. The fraction of sp³-hybridized carbons (Fsp3) is 0.219. The first-order valence-corrected chi connectivity index (χ1v) is 46.8. The average molecular weight is 1970 g/mol. The van der Waals surface area contributed by atoms with E-state index in [2.05, 4.69) is 175 Å². The lowest BCUT2D eigenvalue weighted by molar-refractivity contribution is -0.909. The van der Waals surface area contributed by atoms with Crippen molar-refractivity contribution in [1.82, 2.24) is 69.6 Å². The van der Waals surface area contributed by atoms with Crippen LogP contribution < -0.4 is 86.0 Å². The molecule has 744 valence electrons. The molecule has 20 rings (SSSR count). The Kier molecular flexibility index (Phi) is 30.7. The maximum absolute atomic E-state index is 15.8. The number of carbonyl (C=O) groups excluding carboxylic acids is 4. The summed E-state index contributed by atoms with van der Waals surface area (Å²) < 4.78 is 86.2. The number of hydrogen-bond acceptors (Lipinski definition) is 26. The van der Waals surface area contributed by atoms with Crippen LogP contribution in [0.5, 0.6) is 46.5 Å². The Morgan fingerprint density at radius 1 is 0.372 bits per heavy atom. The molecule has 8 aromatic heterocycles. The van der Waals surface area contributed by atoms with Gasteiger partial charge in [-0.15, -0.1) is 0 Å². The maximum atomic E-state index is 15.8. The molecule has 4 amide bonds. The summed E-state index contributed by atoms with van der Waals surface area (Å²) in [6, 6.07) is 55.1. The number of aromatic nitrogens is 12. The van der Waals surface area contributed by atoms with Gasteiger partial charge in [-0.1, -0.05) is 51.4 Å². The predicted octanol–water partition coefficient (Wildman–Crippen LogP) is 17.1. The summed E-state index contributed by atoms with van der Waals surface area (Å²) in [5.74, 6) is 1.50. The second-order valence-corrected chi connectivity index (χ2v) is 35.2. The van der Waals surface area contributed by atoms with E-state index in [1.807, 2.05) is 41.3 Å². The van der Waals surface area contributed by atoms with Gasteiger partial charge in [0, 0.05) is 147 Å². The molecule has 13 N–H and O–H groups in total. The van der Waals surface area contributed by atoms with Crippen molar-refractivity contribution < 1.29 is 66.5 Å². The van der Waals surface area contributed by atoms with Gasteiger partial charge in [0.25, 0.3) is 0 Å². The van der Waals surface area contributed by atoms with E-state index in [1.165, 1.54) is 47.4 Å². The SMILES string of the molecule is C.C=CC(=O)Nc1cccc(Oc2nc(Nc3ccc(N4CCN(C)CC4)c(F)c3)nc3[nH]ccc23)c1.C=CC(=O)Nc1cccc(Oc2nc(Nc3ccc(N4CCN(C)CC4)c(F)c3)nc3[nH]ccc23)c1.C=CC(=O)Nc1cccc(Oc2nc(Nc3ccc(N4CC[N+](C)(CCC(=O)Nc5cccc(Oc6nc(Nc7ccc(N8CC[NH+](C)CC8)c(F)c7)nc7[nH]ccc67)c5)CC4)c(F)c3)nc3[nH]ccc23)c1.[H+]. The molecule has 36 nitrogen and oxygen atoms in total. The monoisotopic (exact) mass is 1970 g/mol. The molecule has 4 saturated heterocycles. The molecule has 12 heterocycles. The van der Waals surface area contributed by atoms with E-state index in [9.17, 15) is 28.0 Å². The van der Waals surface area contributed by atoms with Crippen LogP contribution in [0.4, 0.5) is 110 Å². The lowest BCUT2D eigenvalue weighted by Gasteiger charge is -2.42. The molecule has 4 fully saturated rings. The van der Waals surface area contributed by atoms with Crippen molar-refractivity contribution in [3.05, 3.63) is 280 Å². The predicted molar refractivity (Wildman–Crippen MR) is 559 cm³/mol. The number of hydrogen-bond donors (Lipinski definition) is 13. The first-order chi connectivity index (χ1) is 69.9. The molecule has 145 heavy (non-hydrogen) atoms. The summed E-state index contributed by atoms with van der Waals surface area (Å²) in [6.07, 6.45) is 10.8. The zero-order chi connectivity index (χ0) is 99.9. The summed E-state index contributed by atoms with van der Waals surface area (Å²) in [4.78, 5) is 111. The van der Waals surface area contributed by atoms with Crippen LogP contribution in [0.3, 0.4) is 0 Å². The van der Waals surface area contributed by atoms with Gasteiger partial charge in [-0.3, -0.25) is 19.2 Å². The molecular weight excluding hydrogens is 1860 g/mol. The maximum Gasteiger partial charge on any atom is 1.00 e. The van der Waals surface area contributed by atoms with Gasteiger partial charge in [0.2, 0.25) is 70.9 Å². The minimum absolute atomic E-state index is 0. The third-order valence-corrected chi connectivity index (χ3v) is 24.9. The fourth-order valence-corrected chi connectivity index (χ4v) is 16.9. The van der Waals surface area contributed by atoms with E-state index in [0.717, 1.165) is 78.5 Å². The topological polar surface area (TPSA) is 392 Å². The number of H-pyrrole nitrogens is 4. The van der Waals surface area contributed by atoms with E-state index in [0.29, 0.717) is 184 Å². The molecule has 0 unspecified atom stereocenters. The van der Waals surface area contributed by atoms with Crippen molar-refractivity contribution in [2.24, 2.45) is 0 Å². The van der Waals surface area contributed by atoms with Crippen molar-refractivity contribution in [3.63, 3.8) is 0 Å². The van der Waals surface area contributed by atoms with Crippen LogP contribution in [-0.2, 0) is 19.2 Å². The van der Waals surface area contributed by atoms with E-state index in [4.69, 9.17) is 18.9 Å². The highest BCUT2D eigenvalue weighted by atomic mass is 19.1. The number of aromatic amines is 4. The van der Waals surface area contributed by atoms with E-state index in [1.54, 1.807) is 158 Å². The van der Waals surface area contributed by atoms with Gasteiger partial charge in [0.05, 0.1) is 124 Å². The number of ether oxygens (including phenoxy) is 4. The van der Waals surface area contributed by atoms with Gasteiger partial charge in [0.1, 0.15) is 68.9 Å². The van der Waals surface area contributed by atoms with E-state index >= 15 is 8.78 Å². The molecule has 8 aromatic carbocycles. The summed E-state index contributed by atoms with van der Waals surface area (Å²) in [7, 11) is 8.40. The second-order valence-electron chi connectivity index (χ2n) is 35.2. The lowest BCUT2D eigenvalue weighted by Crippen LogP contribution is -3.12. The number of rotatable bonds is 30. The Hall–Kier alpha value is -17.5. The highest BCUT2D eigenvalue weighted by Gasteiger charge is 2.32. The van der Waals surface area contributed by atoms with Gasteiger partial charge in [-0.25, -0.2) is 17.6 Å². The molecule has 0 atom stereocenters. The zero-order valence-electron chi connectivity index (χ0n) is 80.4. The summed E-state index contributed by atoms with van der Waals surface area (Å²) in [5.41, 5.74) is 8.63. The molecule has 0 saturated carbocycles. The third kappa shape index (κ3) is 24.9. The molecule has 40 heteroatoms. The number of carbonyl (C=O) groups is 4. The fourth-order valence-electron chi connectivity index (χ4n) is 16.9. The number of halogens is 4. The Morgan fingerprint density at radius 2 is 0.648 bits per heavy atom. The van der Waals surface area contributed by atoms with E-state index < -0.39 is 5.82 Å². The second kappa shape index (κ2) is 45.0. The van der Waals surface area contributed by atoms with Crippen molar-refractivity contribution in [2.75, 3.05) is 202 Å². The molecule has 0 radical (unpaired) electrons. The van der Waals surface area contributed by atoms with Gasteiger partial charge in [-0.05, 0) is 178 Å². The highest BCUT2D eigenvalue weighted by Crippen LogP contribution is 2.39. The first kappa shape index (κ1) is 99.1. The van der Waals surface area contributed by atoms with Gasteiger partial charge in [0.15, 0.2) is 0 Å². The molecule has 16 aromatic rings. The minimum atomic E-state index is -0.397. The summed E-state index contributed by atoms with van der Waals surface area (Å²) >= 11 is 0. The number of likely N-dealkylation sites (N-methyl/N-ethyl adjacent to an activating group) is 4. The highest BCUT2D eigenvalue weighted by molar-refractivity contribution is 6.01. The molecule has 0 spiro atoms. The number of anilines is 16. The van der Waals surface area contributed by atoms with Crippen LogP contribution >= 0.6 is 0 Å². The Bertz CT molecular complexity index is 7210. The minimum Gasteiger partial charge on any atom is -0.438 e. The van der Waals surface area contributed by atoms with Crippen molar-refractivity contribution in [2.45, 2.75) is 13.8 Å². The van der Waals surface area contributed by atoms with Crippen LogP contribution in [0.2, 0.25) is 0 Å². The normalized spacial score (nSPS) is 14.3. The smallest absolute Gasteiger partial charge is 0.438 e. The number of amides is 4. The Morgan fingerprint density at radius 3 is 0.931 bits per heavy atom. The van der Waals surface area contributed by atoms with Crippen molar-refractivity contribution in [3.8, 4) is 46.5 Å². The van der Waals surface area contributed by atoms with Crippen molar-refractivity contribution >= 4 is 160 Å². The van der Waals surface area contributed by atoms with Gasteiger partial charge in [-0.2, -0.15) is 39.9 Å². The quantitative estimate of drug-likeness (QED) is 0.0113. The Labute approximate surface area is 833 Å². The Balaban J connectivity index is 0.000000173. The number of quaternary nitrogens is 2. The average Bonchev–Trinajstić information content (AvgIpc) is 1.70. The molecule has 4 aliphatic heterocycles. The van der Waals surface area contributed by atoms with Crippen LogP contribution in [0.15, 0.2) is 257 Å². The molecule has 4 aliphatic rings. The number of nitrogens with one attached hydrogen (secondary N) is 13. The molecule has 0 aliphatic carbocycles. The molecule has 0 bridgehead atoms. The van der Waals surface area contributed by atoms with Crippen LogP contribution in [-0.4, -0.2) is 237 Å². The van der Waals surface area contributed by atoms with Gasteiger partial charge < -0.3 is 120 Å². The lowest BCUT2D eigenvalue weighted by atomic mass is 10.2. The first-order valence-electron chi connectivity index (χ1n) is 46.8. The van der Waals surface area contributed by atoms with Crippen LogP contribution in [0, 0.1) is 23.3 Å². The van der Waals surface area contributed by atoms with Crippen LogP contribution in [0.25, 0.3) is 44.1 Å². The number of nitrogens with zero attached hydrogens (tertiary/aromatic N) is 15. The number of piperazine rings is 4.